The highest BCUT2D eigenvalue weighted by Crippen LogP contribution is 2.30. The Bertz CT molecular complexity index is 902. The quantitative estimate of drug-likeness (QED) is 0.837. The van der Waals surface area contributed by atoms with Crippen molar-refractivity contribution in [3.05, 3.63) is 47.0 Å². The zero-order chi connectivity index (χ0) is 18.5. The minimum atomic E-state index is -1.68. The van der Waals surface area contributed by atoms with Crippen LogP contribution in [-0.2, 0) is 17.6 Å². The second-order valence-corrected chi connectivity index (χ2v) is 6.90. The highest BCUT2D eigenvalue weighted by Gasteiger charge is 2.49. The van der Waals surface area contributed by atoms with Gasteiger partial charge in [0.15, 0.2) is 11.3 Å². The summed E-state index contributed by atoms with van der Waals surface area (Å²) in [7, 11) is 0. The van der Waals surface area contributed by atoms with E-state index in [0.29, 0.717) is 12.1 Å². The Hall–Kier alpha value is -2.74. The number of hydrogen-bond acceptors (Lipinski definition) is 4. The van der Waals surface area contributed by atoms with Crippen LogP contribution in [0.25, 0.3) is 5.69 Å². The molecule has 2 heterocycles. The van der Waals surface area contributed by atoms with Crippen LogP contribution in [0.5, 0.6) is 0 Å². The van der Waals surface area contributed by atoms with E-state index in [-0.39, 0.29) is 24.7 Å². The SMILES string of the molecule is NC(=O)C1(O)CN(C(=O)c2nn(-c3ccccc3F)c3c2CCCC3)C1. The Morgan fingerprint density at radius 1 is 1.19 bits per heavy atom. The molecule has 26 heavy (non-hydrogen) atoms. The molecule has 0 bridgehead atoms. The number of amides is 2. The molecule has 1 fully saturated rings. The maximum atomic E-state index is 14.2. The molecule has 0 radical (unpaired) electrons. The highest BCUT2D eigenvalue weighted by atomic mass is 19.1. The Morgan fingerprint density at radius 2 is 1.88 bits per heavy atom. The summed E-state index contributed by atoms with van der Waals surface area (Å²) < 4.78 is 15.8. The number of aliphatic hydroxyl groups is 1. The lowest BCUT2D eigenvalue weighted by atomic mass is 9.91. The summed E-state index contributed by atoms with van der Waals surface area (Å²) in [6.07, 6.45) is 3.29. The molecule has 1 aliphatic heterocycles. The first kappa shape index (κ1) is 16.7. The summed E-state index contributed by atoms with van der Waals surface area (Å²) in [5.41, 5.74) is 5.70. The van der Waals surface area contributed by atoms with Gasteiger partial charge in [-0.05, 0) is 37.8 Å². The molecule has 8 heteroatoms. The Labute approximate surface area is 149 Å². The largest absolute Gasteiger partial charge is 0.377 e. The molecule has 0 saturated carbocycles. The number of nitrogens with two attached hydrogens (primary N) is 1. The number of likely N-dealkylation sites (tertiary alicyclic amines) is 1. The van der Waals surface area contributed by atoms with E-state index in [2.05, 4.69) is 5.10 Å². The van der Waals surface area contributed by atoms with Gasteiger partial charge in [0.25, 0.3) is 11.8 Å². The van der Waals surface area contributed by atoms with Gasteiger partial charge in [-0.1, -0.05) is 12.1 Å². The molecule has 4 rings (SSSR count). The normalized spacial score (nSPS) is 18.2. The van der Waals surface area contributed by atoms with Crippen molar-refractivity contribution in [2.45, 2.75) is 31.3 Å². The molecule has 1 aromatic carbocycles. The van der Waals surface area contributed by atoms with Crippen LogP contribution in [0.3, 0.4) is 0 Å². The van der Waals surface area contributed by atoms with Gasteiger partial charge in [-0.3, -0.25) is 9.59 Å². The van der Waals surface area contributed by atoms with Gasteiger partial charge in [-0.2, -0.15) is 5.10 Å². The zero-order valence-electron chi connectivity index (χ0n) is 14.1. The van der Waals surface area contributed by atoms with Crippen LogP contribution in [-0.4, -0.2) is 50.3 Å². The number of carbonyl (C=O) groups excluding carboxylic acids is 2. The van der Waals surface area contributed by atoms with E-state index >= 15 is 0 Å². The summed E-state index contributed by atoms with van der Waals surface area (Å²) in [6.45, 7) is -0.301. The second-order valence-electron chi connectivity index (χ2n) is 6.90. The van der Waals surface area contributed by atoms with E-state index in [1.165, 1.54) is 15.6 Å². The second kappa shape index (κ2) is 5.91. The van der Waals surface area contributed by atoms with Gasteiger partial charge in [0.1, 0.15) is 11.5 Å². The fourth-order valence-corrected chi connectivity index (χ4v) is 3.63. The van der Waals surface area contributed by atoms with Gasteiger partial charge in [0.05, 0.1) is 13.1 Å². The van der Waals surface area contributed by atoms with Crippen molar-refractivity contribution in [2.75, 3.05) is 13.1 Å². The van der Waals surface area contributed by atoms with E-state index in [9.17, 15) is 19.1 Å². The zero-order valence-corrected chi connectivity index (χ0v) is 14.1. The number of nitrogens with zero attached hydrogens (tertiary/aromatic N) is 3. The monoisotopic (exact) mass is 358 g/mol. The number of carbonyl (C=O) groups is 2. The predicted molar refractivity (Wildman–Crippen MR) is 90.2 cm³/mol. The topological polar surface area (TPSA) is 101 Å². The molecule has 3 N–H and O–H groups in total. The number of benzene rings is 1. The molecule has 7 nitrogen and oxygen atoms in total. The first-order valence-corrected chi connectivity index (χ1v) is 8.58. The van der Waals surface area contributed by atoms with E-state index in [0.717, 1.165) is 30.5 Å². The van der Waals surface area contributed by atoms with Crippen LogP contribution >= 0.6 is 0 Å². The van der Waals surface area contributed by atoms with Gasteiger partial charge in [0.2, 0.25) is 0 Å². The number of hydrogen-bond donors (Lipinski definition) is 2. The summed E-state index contributed by atoms with van der Waals surface area (Å²) in [5, 5.41) is 14.4. The van der Waals surface area contributed by atoms with Crippen molar-refractivity contribution in [3.8, 4) is 5.69 Å². The van der Waals surface area contributed by atoms with Gasteiger partial charge in [-0.25, -0.2) is 9.07 Å². The Morgan fingerprint density at radius 3 is 2.58 bits per heavy atom. The Kier molecular flexibility index (Phi) is 3.80. The third-order valence-electron chi connectivity index (χ3n) is 5.11. The number of aromatic nitrogens is 2. The van der Waals surface area contributed by atoms with Crippen LogP contribution in [0.15, 0.2) is 24.3 Å². The van der Waals surface area contributed by atoms with Crippen LogP contribution in [0.2, 0.25) is 0 Å². The van der Waals surface area contributed by atoms with Gasteiger partial charge in [0, 0.05) is 11.3 Å². The number of para-hydroxylation sites is 1. The van der Waals surface area contributed by atoms with Gasteiger partial charge in [-0.15, -0.1) is 0 Å². The fourth-order valence-electron chi connectivity index (χ4n) is 3.63. The first-order valence-electron chi connectivity index (χ1n) is 8.58. The smallest absolute Gasteiger partial charge is 0.274 e. The van der Waals surface area contributed by atoms with Crippen molar-refractivity contribution < 1.29 is 19.1 Å². The summed E-state index contributed by atoms with van der Waals surface area (Å²) in [6, 6.07) is 6.31. The van der Waals surface area contributed by atoms with Crippen LogP contribution in [0, 0.1) is 5.82 Å². The van der Waals surface area contributed by atoms with E-state index < -0.39 is 17.3 Å². The third kappa shape index (κ3) is 2.48. The summed E-state index contributed by atoms with van der Waals surface area (Å²) in [4.78, 5) is 25.4. The molecular formula is C18H19FN4O3. The average Bonchev–Trinajstić information content (AvgIpc) is 2.98. The summed E-state index contributed by atoms with van der Waals surface area (Å²) >= 11 is 0. The van der Waals surface area contributed by atoms with E-state index in [4.69, 9.17) is 5.73 Å². The van der Waals surface area contributed by atoms with Crippen molar-refractivity contribution in [2.24, 2.45) is 5.73 Å². The molecule has 2 amide bonds. The van der Waals surface area contributed by atoms with Crippen molar-refractivity contribution in [1.29, 1.82) is 0 Å². The molecule has 1 aliphatic carbocycles. The van der Waals surface area contributed by atoms with E-state index in [1.54, 1.807) is 18.2 Å². The molecule has 0 spiro atoms. The molecule has 136 valence electrons. The summed E-state index contributed by atoms with van der Waals surface area (Å²) in [5.74, 6) is -1.63. The highest BCUT2D eigenvalue weighted by molar-refractivity contribution is 5.97. The average molecular weight is 358 g/mol. The number of β-amino-alcohol motifs (C(OH)–C–C–N with tert-alkyl or cyclic N) is 1. The number of halogens is 1. The molecule has 2 aromatic rings. The minimum absolute atomic E-state index is 0.150. The van der Waals surface area contributed by atoms with Crippen LogP contribution in [0.4, 0.5) is 4.39 Å². The molecule has 2 aliphatic rings. The lowest BCUT2D eigenvalue weighted by molar-refractivity contribution is -0.151. The fraction of sp³-hybridized carbons (Fsp3) is 0.389. The maximum Gasteiger partial charge on any atom is 0.274 e. The lowest BCUT2D eigenvalue weighted by Crippen LogP contribution is -2.69. The number of primary amides is 1. The van der Waals surface area contributed by atoms with Gasteiger partial charge < -0.3 is 15.7 Å². The molecule has 0 atom stereocenters. The van der Waals surface area contributed by atoms with Crippen molar-refractivity contribution in [1.82, 2.24) is 14.7 Å². The van der Waals surface area contributed by atoms with Crippen molar-refractivity contribution >= 4 is 11.8 Å². The Balaban J connectivity index is 1.71. The first-order chi connectivity index (χ1) is 12.4. The lowest BCUT2D eigenvalue weighted by Gasteiger charge is -2.43. The number of fused-ring (bicyclic) bond motifs is 1. The minimum Gasteiger partial charge on any atom is -0.377 e. The van der Waals surface area contributed by atoms with Crippen LogP contribution in [0.1, 0.15) is 34.6 Å². The maximum absolute atomic E-state index is 14.2. The van der Waals surface area contributed by atoms with Crippen molar-refractivity contribution in [3.63, 3.8) is 0 Å². The van der Waals surface area contributed by atoms with E-state index in [1.807, 2.05) is 0 Å². The third-order valence-corrected chi connectivity index (χ3v) is 5.11. The molecular weight excluding hydrogens is 339 g/mol. The number of rotatable bonds is 3. The van der Waals surface area contributed by atoms with Crippen LogP contribution < -0.4 is 5.73 Å². The molecule has 1 aromatic heterocycles. The molecule has 0 unspecified atom stereocenters. The van der Waals surface area contributed by atoms with Gasteiger partial charge >= 0.3 is 0 Å². The molecule has 1 saturated heterocycles. The predicted octanol–water partition coefficient (Wildman–Crippen LogP) is 0.562. The standard InChI is InChI=1S/C18H19FN4O3/c19-12-6-2-4-8-14(12)23-13-7-3-1-5-11(13)15(21-23)16(24)22-9-18(26,10-22)17(20)25/h2,4,6,8,26H,1,3,5,7,9-10H2,(H2,20,25).